The highest BCUT2D eigenvalue weighted by molar-refractivity contribution is 6.18. The maximum Gasteiger partial charge on any atom is 0.293 e. The molecule has 0 bridgehead atoms. The average molecular weight is 228 g/mol. The molecule has 0 radical (unpaired) electrons. The Labute approximate surface area is 93.5 Å². The van der Waals surface area contributed by atoms with Crippen molar-refractivity contribution in [1.82, 2.24) is 9.55 Å². The van der Waals surface area contributed by atoms with E-state index < -0.39 is 0 Å². The van der Waals surface area contributed by atoms with E-state index in [9.17, 15) is 4.79 Å². The Hall–Kier alpha value is -1.03. The van der Waals surface area contributed by atoms with Crippen LogP contribution in [0.25, 0.3) is 0 Å². The first-order valence-electron chi connectivity index (χ1n) is 5.08. The van der Waals surface area contributed by atoms with Crippen LogP contribution in [0.1, 0.15) is 18.9 Å². The van der Waals surface area contributed by atoms with E-state index in [0.717, 1.165) is 12.8 Å². The molecule has 0 aromatic carbocycles. The van der Waals surface area contributed by atoms with E-state index in [0.29, 0.717) is 24.3 Å². The monoisotopic (exact) mass is 227 g/mol. The highest BCUT2D eigenvalue weighted by Gasteiger charge is 2.25. The molecular weight excluding hydrogens is 214 g/mol. The van der Waals surface area contributed by atoms with Gasteiger partial charge in [0.1, 0.15) is 0 Å². The summed E-state index contributed by atoms with van der Waals surface area (Å²) >= 11 is 5.64. The van der Waals surface area contributed by atoms with Crippen LogP contribution in [0, 0.1) is 0 Å². The van der Waals surface area contributed by atoms with Crippen molar-refractivity contribution in [2.75, 3.05) is 24.4 Å². The van der Waals surface area contributed by atoms with Gasteiger partial charge in [-0.05, 0) is 12.8 Å². The van der Waals surface area contributed by atoms with Gasteiger partial charge in [-0.3, -0.25) is 4.79 Å². The van der Waals surface area contributed by atoms with Crippen molar-refractivity contribution in [3.8, 4) is 0 Å². The summed E-state index contributed by atoms with van der Waals surface area (Å²) in [6.45, 7) is 0.637. The third-order valence-electron chi connectivity index (χ3n) is 2.57. The second-order valence-corrected chi connectivity index (χ2v) is 4.18. The fraction of sp³-hybridized carbons (Fsp3) is 0.600. The normalized spacial score (nSPS) is 15.3. The van der Waals surface area contributed by atoms with Crippen LogP contribution in [-0.2, 0) is 0 Å². The number of hydrogen-bond acceptors (Lipinski definition) is 3. The van der Waals surface area contributed by atoms with Gasteiger partial charge in [0.2, 0.25) is 0 Å². The van der Waals surface area contributed by atoms with Crippen molar-refractivity contribution in [1.29, 1.82) is 0 Å². The van der Waals surface area contributed by atoms with Crippen LogP contribution in [0.3, 0.4) is 0 Å². The smallest absolute Gasteiger partial charge is 0.293 e. The molecule has 0 saturated heterocycles. The van der Waals surface area contributed by atoms with Gasteiger partial charge in [-0.25, -0.2) is 4.98 Å². The Morgan fingerprint density at radius 2 is 2.40 bits per heavy atom. The highest BCUT2D eigenvalue weighted by Crippen LogP contribution is 2.33. The zero-order chi connectivity index (χ0) is 10.8. The largest absolute Gasteiger partial charge is 0.354 e. The lowest BCUT2D eigenvalue weighted by Gasteiger charge is -2.16. The molecule has 0 aliphatic heterocycles. The molecule has 2 rings (SSSR count). The van der Waals surface area contributed by atoms with Gasteiger partial charge in [-0.2, -0.15) is 0 Å². The first-order valence-corrected chi connectivity index (χ1v) is 5.61. The third-order valence-corrected chi connectivity index (χ3v) is 2.74. The van der Waals surface area contributed by atoms with Gasteiger partial charge in [0.25, 0.3) is 5.56 Å². The van der Waals surface area contributed by atoms with Crippen LogP contribution in [-0.4, -0.2) is 29.0 Å². The molecule has 1 aliphatic carbocycles. The van der Waals surface area contributed by atoms with Crippen LogP contribution in [0.15, 0.2) is 17.2 Å². The number of anilines is 1. The predicted molar refractivity (Wildman–Crippen MR) is 60.8 cm³/mol. The van der Waals surface area contributed by atoms with Crippen LogP contribution in [0.2, 0.25) is 0 Å². The van der Waals surface area contributed by atoms with Crippen molar-refractivity contribution in [2.24, 2.45) is 0 Å². The molecule has 0 unspecified atom stereocenters. The molecule has 5 heteroatoms. The molecule has 82 valence electrons. The lowest BCUT2D eigenvalue weighted by molar-refractivity contribution is 0.692. The molecule has 0 spiro atoms. The lowest BCUT2D eigenvalue weighted by atomic mass is 10.5. The average Bonchev–Trinajstić information content (AvgIpc) is 3.02. The molecule has 1 aliphatic rings. The molecule has 4 nitrogen and oxygen atoms in total. The van der Waals surface area contributed by atoms with Crippen LogP contribution >= 0.6 is 11.6 Å². The van der Waals surface area contributed by atoms with Gasteiger partial charge in [0.15, 0.2) is 5.82 Å². The van der Waals surface area contributed by atoms with Crippen molar-refractivity contribution in [3.63, 3.8) is 0 Å². The second-order valence-electron chi connectivity index (χ2n) is 3.80. The predicted octanol–water partition coefficient (Wildman–Crippen LogP) is 1.25. The summed E-state index contributed by atoms with van der Waals surface area (Å²) in [6.07, 6.45) is 5.64. The molecule has 15 heavy (non-hydrogen) atoms. The lowest BCUT2D eigenvalue weighted by Crippen LogP contribution is -2.31. The summed E-state index contributed by atoms with van der Waals surface area (Å²) in [7, 11) is 1.84. The first kappa shape index (κ1) is 10.5. The molecule has 0 atom stereocenters. The van der Waals surface area contributed by atoms with Gasteiger partial charge in [-0.15, -0.1) is 11.6 Å². The van der Waals surface area contributed by atoms with E-state index in [1.807, 2.05) is 7.05 Å². The van der Waals surface area contributed by atoms with Gasteiger partial charge in [-0.1, -0.05) is 0 Å². The number of halogens is 1. The fourth-order valence-electron chi connectivity index (χ4n) is 1.55. The Kier molecular flexibility index (Phi) is 2.95. The van der Waals surface area contributed by atoms with Gasteiger partial charge < -0.3 is 9.47 Å². The zero-order valence-electron chi connectivity index (χ0n) is 8.69. The SMILES string of the molecule is CN(CCCl)c1nccn(C2CC2)c1=O. The Morgan fingerprint density at radius 1 is 1.67 bits per heavy atom. The molecular formula is C10H14ClN3O. The van der Waals surface area contributed by atoms with Gasteiger partial charge in [0.05, 0.1) is 0 Å². The number of alkyl halides is 1. The van der Waals surface area contributed by atoms with Crippen LogP contribution < -0.4 is 10.5 Å². The molecule has 1 saturated carbocycles. The first-order chi connectivity index (χ1) is 7.24. The number of nitrogens with zero attached hydrogens (tertiary/aromatic N) is 3. The highest BCUT2D eigenvalue weighted by atomic mass is 35.5. The minimum Gasteiger partial charge on any atom is -0.354 e. The van der Waals surface area contributed by atoms with E-state index in [-0.39, 0.29) is 5.56 Å². The molecule has 1 aromatic heterocycles. The molecule has 1 heterocycles. The number of aromatic nitrogens is 2. The summed E-state index contributed by atoms with van der Waals surface area (Å²) in [6, 6.07) is 0.392. The zero-order valence-corrected chi connectivity index (χ0v) is 9.44. The summed E-state index contributed by atoms with van der Waals surface area (Å²) < 4.78 is 1.77. The van der Waals surface area contributed by atoms with Gasteiger partial charge in [0, 0.05) is 37.9 Å². The number of rotatable bonds is 4. The van der Waals surface area contributed by atoms with E-state index in [4.69, 9.17) is 11.6 Å². The third kappa shape index (κ3) is 2.15. The number of hydrogen-bond donors (Lipinski definition) is 0. The molecule has 0 N–H and O–H groups in total. The minimum atomic E-state index is -0.00684. The van der Waals surface area contributed by atoms with Crippen LogP contribution in [0.5, 0.6) is 0 Å². The fourth-order valence-corrected chi connectivity index (χ4v) is 1.80. The topological polar surface area (TPSA) is 38.1 Å². The standard InChI is InChI=1S/C10H14ClN3O/c1-13(6-4-11)9-10(15)14(7-5-12-9)8-2-3-8/h5,7-8H,2-4,6H2,1H3. The summed E-state index contributed by atoms with van der Waals surface area (Å²) in [4.78, 5) is 17.9. The van der Waals surface area contributed by atoms with Crippen molar-refractivity contribution >= 4 is 17.4 Å². The Morgan fingerprint density at radius 3 is 3.00 bits per heavy atom. The van der Waals surface area contributed by atoms with Gasteiger partial charge >= 0.3 is 0 Å². The van der Waals surface area contributed by atoms with E-state index in [2.05, 4.69) is 4.98 Å². The van der Waals surface area contributed by atoms with Crippen LogP contribution in [0.4, 0.5) is 5.82 Å². The van der Waals surface area contributed by atoms with E-state index >= 15 is 0 Å². The molecule has 1 fully saturated rings. The van der Waals surface area contributed by atoms with E-state index in [1.54, 1.807) is 21.9 Å². The maximum absolute atomic E-state index is 12.0. The summed E-state index contributed by atoms with van der Waals surface area (Å²) in [5, 5.41) is 0. The van der Waals surface area contributed by atoms with E-state index in [1.165, 1.54) is 0 Å². The Bertz CT molecular complexity index is 400. The summed E-state index contributed by atoms with van der Waals surface area (Å²) in [5.41, 5.74) is -0.00684. The summed E-state index contributed by atoms with van der Waals surface area (Å²) in [5.74, 6) is 0.987. The van der Waals surface area contributed by atoms with Crippen molar-refractivity contribution in [3.05, 3.63) is 22.7 Å². The maximum atomic E-state index is 12.0. The van der Waals surface area contributed by atoms with Crippen molar-refractivity contribution in [2.45, 2.75) is 18.9 Å². The Balaban J connectivity index is 2.31. The minimum absolute atomic E-state index is 0.00684. The molecule has 1 aromatic rings. The molecule has 0 amide bonds. The van der Waals surface area contributed by atoms with Crippen molar-refractivity contribution < 1.29 is 0 Å². The quantitative estimate of drug-likeness (QED) is 0.727. The second kappa shape index (κ2) is 4.23.